The second-order valence-electron chi connectivity index (χ2n) is 4.16. The molecule has 1 amide bonds. The van der Waals surface area contributed by atoms with Gasteiger partial charge >= 0.3 is 0 Å². The van der Waals surface area contributed by atoms with Crippen molar-refractivity contribution in [1.82, 2.24) is 4.90 Å². The molecular weight excluding hydrogens is 260 g/mol. The van der Waals surface area contributed by atoms with Crippen molar-refractivity contribution in [3.8, 4) is 0 Å². The Labute approximate surface area is 111 Å². The minimum Gasteiger partial charge on any atom is -0.338 e. The van der Waals surface area contributed by atoms with E-state index in [-0.39, 0.29) is 24.2 Å². The third-order valence-electron chi connectivity index (χ3n) is 2.70. The van der Waals surface area contributed by atoms with E-state index in [4.69, 9.17) is 11.6 Å². The second-order valence-corrected chi connectivity index (χ2v) is 4.46. The third kappa shape index (κ3) is 3.67. The zero-order valence-corrected chi connectivity index (χ0v) is 11.2. The number of carbonyl (C=O) groups excluding carboxylic acids is 1. The van der Waals surface area contributed by atoms with E-state index >= 15 is 0 Å². The number of alkyl halides is 1. The van der Waals surface area contributed by atoms with Crippen molar-refractivity contribution in [3.63, 3.8) is 0 Å². The first-order valence-corrected chi connectivity index (χ1v) is 6.31. The largest absolute Gasteiger partial charge is 0.338 e. The fourth-order valence-corrected chi connectivity index (χ4v) is 1.71. The average Bonchev–Trinajstić information content (AvgIpc) is 2.38. The Morgan fingerprint density at radius 2 is 2.06 bits per heavy atom. The van der Waals surface area contributed by atoms with Crippen molar-refractivity contribution in [1.29, 1.82) is 0 Å². The van der Waals surface area contributed by atoms with Gasteiger partial charge in [-0.3, -0.25) is 4.79 Å². The monoisotopic (exact) mass is 275 g/mol. The lowest BCUT2D eigenvalue weighted by molar-refractivity contribution is -0.134. The molecule has 0 spiro atoms. The summed E-state index contributed by atoms with van der Waals surface area (Å²) in [7, 11) is 0. The predicted molar refractivity (Wildman–Crippen MR) is 67.3 cm³/mol. The van der Waals surface area contributed by atoms with E-state index < -0.39 is 11.6 Å². The summed E-state index contributed by atoms with van der Waals surface area (Å²) < 4.78 is 25.8. The molecule has 18 heavy (non-hydrogen) atoms. The summed E-state index contributed by atoms with van der Waals surface area (Å²) in [6, 6.07) is 3.64. The first-order chi connectivity index (χ1) is 8.49. The molecule has 2 nitrogen and oxygen atoms in total. The van der Waals surface area contributed by atoms with Gasteiger partial charge in [0.2, 0.25) is 5.91 Å². The van der Waals surface area contributed by atoms with Gasteiger partial charge in [0.15, 0.2) is 11.6 Å². The van der Waals surface area contributed by atoms with Crippen LogP contribution in [0, 0.1) is 17.6 Å². The van der Waals surface area contributed by atoms with Crippen molar-refractivity contribution < 1.29 is 13.6 Å². The van der Waals surface area contributed by atoms with Gasteiger partial charge in [-0.25, -0.2) is 8.78 Å². The predicted octanol–water partition coefficient (Wildman–Crippen LogP) is 3.19. The van der Waals surface area contributed by atoms with Crippen molar-refractivity contribution in [3.05, 3.63) is 35.4 Å². The van der Waals surface area contributed by atoms with Crippen LogP contribution in [0.5, 0.6) is 0 Å². The first-order valence-electron chi connectivity index (χ1n) is 5.78. The van der Waals surface area contributed by atoms with Crippen LogP contribution < -0.4 is 0 Å². The molecule has 0 aliphatic heterocycles. The summed E-state index contributed by atoms with van der Waals surface area (Å²) in [6.07, 6.45) is 0. The molecule has 1 aromatic carbocycles. The molecule has 1 unspecified atom stereocenters. The highest BCUT2D eigenvalue weighted by Crippen LogP contribution is 2.13. The molecule has 1 aromatic rings. The maximum atomic E-state index is 13.1. The Kier molecular flexibility index (Phi) is 5.54. The molecule has 1 rings (SSSR count). The number of hydrogen-bond donors (Lipinski definition) is 0. The summed E-state index contributed by atoms with van der Waals surface area (Å²) in [5.74, 6) is -1.91. The Morgan fingerprint density at radius 1 is 1.39 bits per heavy atom. The van der Waals surface area contributed by atoms with Crippen LogP contribution in [0.2, 0.25) is 0 Å². The molecule has 0 saturated carbocycles. The molecule has 0 aromatic heterocycles. The number of halogens is 3. The number of carbonyl (C=O) groups is 1. The molecule has 1 atom stereocenters. The summed E-state index contributed by atoms with van der Waals surface area (Å²) in [4.78, 5) is 13.5. The molecule has 0 aliphatic carbocycles. The standard InChI is InChI=1S/C13H16ClF2NO/c1-3-17(13(18)9(2)7-14)8-10-4-5-11(15)12(16)6-10/h4-6,9H,3,7-8H2,1-2H3. The van der Waals surface area contributed by atoms with E-state index in [0.717, 1.165) is 12.1 Å². The molecule has 0 bridgehead atoms. The average molecular weight is 276 g/mol. The van der Waals surface area contributed by atoms with E-state index in [2.05, 4.69) is 0 Å². The summed E-state index contributed by atoms with van der Waals surface area (Å²) in [5.41, 5.74) is 0.561. The zero-order valence-electron chi connectivity index (χ0n) is 10.4. The number of benzene rings is 1. The maximum Gasteiger partial charge on any atom is 0.226 e. The number of hydrogen-bond acceptors (Lipinski definition) is 1. The molecule has 0 heterocycles. The maximum absolute atomic E-state index is 13.1. The number of rotatable bonds is 5. The van der Waals surface area contributed by atoms with Gasteiger partial charge in [0, 0.05) is 24.9 Å². The van der Waals surface area contributed by atoms with Crippen LogP contribution >= 0.6 is 11.6 Å². The first kappa shape index (κ1) is 14.9. The van der Waals surface area contributed by atoms with Crippen LogP contribution in [0.25, 0.3) is 0 Å². The summed E-state index contributed by atoms with van der Waals surface area (Å²) in [5, 5.41) is 0. The number of amides is 1. The quantitative estimate of drug-likeness (QED) is 0.756. The molecule has 0 aliphatic rings. The highest BCUT2D eigenvalue weighted by atomic mass is 35.5. The Hall–Kier alpha value is -1.16. The van der Waals surface area contributed by atoms with Crippen LogP contribution in [-0.4, -0.2) is 23.2 Å². The van der Waals surface area contributed by atoms with E-state index in [1.165, 1.54) is 6.07 Å². The van der Waals surface area contributed by atoms with E-state index in [0.29, 0.717) is 12.1 Å². The Morgan fingerprint density at radius 3 is 2.56 bits per heavy atom. The zero-order chi connectivity index (χ0) is 13.7. The SMILES string of the molecule is CCN(Cc1ccc(F)c(F)c1)C(=O)C(C)CCl. The van der Waals surface area contributed by atoms with Crippen LogP contribution in [0.3, 0.4) is 0 Å². The number of nitrogens with zero attached hydrogens (tertiary/aromatic N) is 1. The van der Waals surface area contributed by atoms with E-state index in [9.17, 15) is 13.6 Å². The molecule has 5 heteroatoms. The van der Waals surface area contributed by atoms with Crippen LogP contribution in [-0.2, 0) is 11.3 Å². The van der Waals surface area contributed by atoms with Crippen molar-refractivity contribution in [2.24, 2.45) is 5.92 Å². The molecule has 0 radical (unpaired) electrons. The van der Waals surface area contributed by atoms with Gasteiger partial charge in [-0.15, -0.1) is 11.6 Å². The van der Waals surface area contributed by atoms with Crippen LogP contribution in [0.15, 0.2) is 18.2 Å². The second kappa shape index (κ2) is 6.69. The van der Waals surface area contributed by atoms with Crippen LogP contribution in [0.1, 0.15) is 19.4 Å². The highest BCUT2D eigenvalue weighted by Gasteiger charge is 2.18. The summed E-state index contributed by atoms with van der Waals surface area (Å²) in [6.45, 7) is 4.33. The normalized spacial score (nSPS) is 12.3. The smallest absolute Gasteiger partial charge is 0.226 e. The lowest BCUT2D eigenvalue weighted by atomic mass is 10.1. The van der Waals surface area contributed by atoms with Crippen LogP contribution in [0.4, 0.5) is 8.78 Å². The summed E-state index contributed by atoms with van der Waals surface area (Å²) >= 11 is 5.64. The molecule has 0 fully saturated rings. The topological polar surface area (TPSA) is 20.3 Å². The van der Waals surface area contributed by atoms with Crippen molar-refractivity contribution >= 4 is 17.5 Å². The highest BCUT2D eigenvalue weighted by molar-refractivity contribution is 6.19. The minimum atomic E-state index is -0.901. The van der Waals surface area contributed by atoms with E-state index in [1.54, 1.807) is 11.8 Å². The third-order valence-corrected chi connectivity index (χ3v) is 3.17. The van der Waals surface area contributed by atoms with Gasteiger partial charge in [-0.2, -0.15) is 0 Å². The Bertz CT molecular complexity index is 425. The van der Waals surface area contributed by atoms with Gasteiger partial charge in [-0.1, -0.05) is 13.0 Å². The van der Waals surface area contributed by atoms with Gasteiger partial charge in [0.1, 0.15) is 0 Å². The van der Waals surface area contributed by atoms with E-state index in [1.807, 2.05) is 6.92 Å². The molecule has 0 saturated heterocycles. The molecule has 0 N–H and O–H groups in total. The van der Waals surface area contributed by atoms with Gasteiger partial charge in [0.25, 0.3) is 0 Å². The fraction of sp³-hybridized carbons (Fsp3) is 0.462. The van der Waals surface area contributed by atoms with Crippen molar-refractivity contribution in [2.45, 2.75) is 20.4 Å². The Balaban J connectivity index is 2.79. The lowest BCUT2D eigenvalue weighted by Crippen LogP contribution is -2.35. The van der Waals surface area contributed by atoms with Gasteiger partial charge in [0.05, 0.1) is 0 Å². The lowest BCUT2D eigenvalue weighted by Gasteiger charge is -2.23. The minimum absolute atomic E-state index is 0.0859. The molecular formula is C13H16ClF2NO. The van der Waals surface area contributed by atoms with Gasteiger partial charge < -0.3 is 4.90 Å². The fourth-order valence-electron chi connectivity index (χ4n) is 1.58. The molecule has 100 valence electrons. The van der Waals surface area contributed by atoms with Crippen molar-refractivity contribution in [2.75, 3.05) is 12.4 Å². The van der Waals surface area contributed by atoms with Gasteiger partial charge in [-0.05, 0) is 24.6 Å².